The summed E-state index contributed by atoms with van der Waals surface area (Å²) in [5.41, 5.74) is 6.57. The van der Waals surface area contributed by atoms with Crippen molar-refractivity contribution in [2.24, 2.45) is 17.1 Å². The van der Waals surface area contributed by atoms with Crippen molar-refractivity contribution in [3.63, 3.8) is 0 Å². The molecule has 2 N–H and O–H groups in total. The highest BCUT2D eigenvalue weighted by Gasteiger charge is 2.55. The number of allylic oxidation sites excluding steroid dienone is 2. The number of methoxy groups -OCH3 is 2. The molecule has 0 fully saturated rings. The first kappa shape index (κ1) is 25.2. The van der Waals surface area contributed by atoms with Crippen molar-refractivity contribution in [2.45, 2.75) is 12.5 Å². The van der Waals surface area contributed by atoms with Crippen LogP contribution >= 0.6 is 0 Å². The zero-order valence-corrected chi connectivity index (χ0v) is 20.5. The minimum absolute atomic E-state index is 0.0950. The quantitative estimate of drug-likeness (QED) is 0.660. The lowest BCUT2D eigenvalue weighted by atomic mass is 9.58. The van der Waals surface area contributed by atoms with Crippen LogP contribution in [0.15, 0.2) is 71.5 Å². The Morgan fingerprint density at radius 1 is 1.08 bits per heavy atom. The molecule has 2 aliphatic rings. The van der Waals surface area contributed by atoms with Gasteiger partial charge in [0.05, 0.1) is 37.6 Å². The van der Waals surface area contributed by atoms with Gasteiger partial charge >= 0.3 is 6.09 Å². The Bertz CT molecular complexity index is 1380. The Labute approximate surface area is 215 Å². The number of nitrogens with two attached hydrogens (primary N) is 1. The summed E-state index contributed by atoms with van der Waals surface area (Å²) in [6.07, 6.45) is 1.21. The van der Waals surface area contributed by atoms with E-state index in [0.29, 0.717) is 22.6 Å². The predicted molar refractivity (Wildman–Crippen MR) is 133 cm³/mol. The summed E-state index contributed by atoms with van der Waals surface area (Å²) in [5, 5.41) is 30.5. The van der Waals surface area contributed by atoms with E-state index < -0.39 is 23.3 Å². The zero-order valence-electron chi connectivity index (χ0n) is 20.5. The average Bonchev–Trinajstić information content (AvgIpc) is 2.95. The van der Waals surface area contributed by atoms with Gasteiger partial charge in [-0.25, -0.2) is 4.79 Å². The van der Waals surface area contributed by atoms with Crippen LogP contribution in [0.1, 0.15) is 17.0 Å². The van der Waals surface area contributed by atoms with Gasteiger partial charge in [0.1, 0.15) is 12.7 Å². The molecule has 0 bridgehead atoms. The van der Waals surface area contributed by atoms with Crippen molar-refractivity contribution in [1.82, 2.24) is 4.90 Å². The zero-order chi connectivity index (χ0) is 26.6. The molecule has 4 rings (SSSR count). The molecule has 1 heterocycles. The van der Waals surface area contributed by atoms with Gasteiger partial charge in [-0.3, -0.25) is 0 Å². The van der Waals surface area contributed by atoms with Gasteiger partial charge in [0, 0.05) is 24.9 Å². The topological polar surface area (TPSA) is 145 Å². The maximum atomic E-state index is 13.0. The molecule has 1 amide bonds. The molecule has 1 aliphatic carbocycles. The Kier molecular flexibility index (Phi) is 7.04. The normalized spacial score (nSPS) is 19.9. The highest BCUT2D eigenvalue weighted by atomic mass is 16.6. The number of nitriles is 3. The van der Waals surface area contributed by atoms with E-state index in [0.717, 1.165) is 5.56 Å². The van der Waals surface area contributed by atoms with Crippen LogP contribution in [-0.2, 0) is 11.3 Å². The van der Waals surface area contributed by atoms with Gasteiger partial charge in [-0.2, -0.15) is 15.8 Å². The van der Waals surface area contributed by atoms with E-state index in [9.17, 15) is 20.6 Å². The van der Waals surface area contributed by atoms with Crippen LogP contribution in [0.25, 0.3) is 0 Å². The molecule has 0 aromatic heterocycles. The van der Waals surface area contributed by atoms with Crippen molar-refractivity contribution < 1.29 is 19.0 Å². The third kappa shape index (κ3) is 4.30. The van der Waals surface area contributed by atoms with E-state index in [4.69, 9.17) is 19.9 Å². The van der Waals surface area contributed by atoms with Gasteiger partial charge in [0.15, 0.2) is 16.9 Å². The number of rotatable bonds is 5. The number of hydrogen-bond donors (Lipinski definition) is 1. The number of ether oxygens (including phenoxy) is 3. The third-order valence-corrected chi connectivity index (χ3v) is 6.89. The smallest absolute Gasteiger partial charge is 0.410 e. The van der Waals surface area contributed by atoms with Crippen molar-refractivity contribution >= 4 is 6.09 Å². The molecule has 0 spiro atoms. The number of benzene rings is 2. The number of hydrogen-bond acceptors (Lipinski definition) is 8. The van der Waals surface area contributed by atoms with E-state index in [2.05, 4.69) is 18.2 Å². The minimum Gasteiger partial charge on any atom is -0.493 e. The van der Waals surface area contributed by atoms with Gasteiger partial charge < -0.3 is 24.8 Å². The predicted octanol–water partition coefficient (Wildman–Crippen LogP) is 3.77. The van der Waals surface area contributed by atoms with Crippen LogP contribution < -0.4 is 15.2 Å². The lowest BCUT2D eigenvalue weighted by molar-refractivity contribution is 0.0898. The van der Waals surface area contributed by atoms with Gasteiger partial charge in [0.25, 0.3) is 0 Å². The van der Waals surface area contributed by atoms with Gasteiger partial charge in [-0.05, 0) is 28.8 Å². The number of fused-ring (bicyclic) bond motifs is 1. The second-order valence-electron chi connectivity index (χ2n) is 8.74. The number of carbonyl (C=O) groups is 1. The first-order valence-corrected chi connectivity index (χ1v) is 11.5. The summed E-state index contributed by atoms with van der Waals surface area (Å²) < 4.78 is 16.3. The maximum absolute atomic E-state index is 13.0. The van der Waals surface area contributed by atoms with Crippen molar-refractivity contribution in [2.75, 3.05) is 27.3 Å². The summed E-state index contributed by atoms with van der Waals surface area (Å²) in [7, 11) is 3.00. The Balaban J connectivity index is 1.77. The molecular weight excluding hydrogens is 470 g/mol. The molecular formula is C28H25N5O4. The molecule has 0 unspecified atom stereocenters. The maximum Gasteiger partial charge on any atom is 0.410 e. The van der Waals surface area contributed by atoms with E-state index in [1.807, 2.05) is 30.3 Å². The SMILES string of the molecule is COc1ccc([C@@H]2[C@H]3CN(C(=O)OCc4ccccc4)CC=C3C(C#N)=C(N)C2(C#N)C#N)cc1OC. The number of amides is 1. The summed E-state index contributed by atoms with van der Waals surface area (Å²) in [6, 6.07) is 20.7. The monoisotopic (exact) mass is 495 g/mol. The van der Waals surface area contributed by atoms with Crippen molar-refractivity contribution in [1.29, 1.82) is 15.8 Å². The highest BCUT2D eigenvalue weighted by Crippen LogP contribution is 2.54. The summed E-state index contributed by atoms with van der Waals surface area (Å²) in [4.78, 5) is 14.5. The largest absolute Gasteiger partial charge is 0.493 e. The standard InChI is InChI=1S/C28H25N5O4/c1-35-23-9-8-19(12-24(23)36-2)25-22-14-33(27(34)37-15-18-6-4-3-5-7-18)11-10-20(22)21(13-29)26(32)28(25,16-30)17-31/h3-10,12,22,25H,11,14-15,32H2,1-2H3/t22-,25+/m0/s1. The molecule has 0 saturated carbocycles. The summed E-state index contributed by atoms with van der Waals surface area (Å²) in [6.45, 7) is 0.428. The van der Waals surface area contributed by atoms with Gasteiger partial charge in [-0.15, -0.1) is 0 Å². The summed E-state index contributed by atoms with van der Waals surface area (Å²) >= 11 is 0. The van der Waals surface area contributed by atoms with Gasteiger partial charge in [-0.1, -0.05) is 42.5 Å². The van der Waals surface area contributed by atoms with Crippen molar-refractivity contribution in [3.8, 4) is 29.7 Å². The minimum atomic E-state index is -1.84. The Hall–Kier alpha value is -4.94. The first-order valence-electron chi connectivity index (χ1n) is 11.5. The second kappa shape index (κ2) is 10.4. The molecule has 0 radical (unpaired) electrons. The second-order valence-corrected chi connectivity index (χ2v) is 8.74. The van der Waals surface area contributed by atoms with Gasteiger partial charge in [0.2, 0.25) is 0 Å². The molecule has 37 heavy (non-hydrogen) atoms. The fraction of sp³-hybridized carbons (Fsp3) is 0.286. The summed E-state index contributed by atoms with van der Waals surface area (Å²) in [5.74, 6) is -0.472. The average molecular weight is 496 g/mol. The van der Waals surface area contributed by atoms with Crippen LogP contribution in [0.4, 0.5) is 4.79 Å². The highest BCUT2D eigenvalue weighted by molar-refractivity contribution is 5.69. The number of nitrogens with zero attached hydrogens (tertiary/aromatic N) is 4. The van der Waals surface area contributed by atoms with Crippen LogP contribution in [-0.4, -0.2) is 38.3 Å². The molecule has 2 aromatic carbocycles. The van der Waals surface area contributed by atoms with Crippen LogP contribution in [0.3, 0.4) is 0 Å². The third-order valence-electron chi connectivity index (χ3n) is 6.89. The molecule has 2 aromatic rings. The molecule has 1 aliphatic heterocycles. The molecule has 0 saturated heterocycles. The van der Waals surface area contributed by atoms with E-state index in [1.165, 1.54) is 19.1 Å². The van der Waals surface area contributed by atoms with E-state index in [-0.39, 0.29) is 31.0 Å². The fourth-order valence-electron chi connectivity index (χ4n) is 5.06. The first-order chi connectivity index (χ1) is 17.9. The van der Waals surface area contributed by atoms with E-state index >= 15 is 0 Å². The lowest BCUT2D eigenvalue weighted by Gasteiger charge is -2.45. The molecule has 9 nitrogen and oxygen atoms in total. The van der Waals surface area contributed by atoms with Crippen LogP contribution in [0.2, 0.25) is 0 Å². The molecule has 186 valence electrons. The number of carbonyl (C=O) groups excluding carboxylic acids is 1. The lowest BCUT2D eigenvalue weighted by Crippen LogP contribution is -2.49. The van der Waals surface area contributed by atoms with Crippen LogP contribution in [0, 0.1) is 45.3 Å². The Morgan fingerprint density at radius 3 is 2.41 bits per heavy atom. The van der Waals surface area contributed by atoms with Crippen molar-refractivity contribution in [3.05, 3.63) is 82.6 Å². The Morgan fingerprint density at radius 2 is 1.78 bits per heavy atom. The molecule has 2 atom stereocenters. The van der Waals surface area contributed by atoms with E-state index in [1.54, 1.807) is 24.3 Å². The molecule has 9 heteroatoms. The fourth-order valence-corrected chi connectivity index (χ4v) is 5.06. The van der Waals surface area contributed by atoms with Crippen LogP contribution in [0.5, 0.6) is 11.5 Å².